The van der Waals surface area contributed by atoms with E-state index in [-0.39, 0.29) is 19.6 Å². The average Bonchev–Trinajstić information content (AvgIpc) is 2.32. The van der Waals surface area contributed by atoms with Crippen molar-refractivity contribution < 1.29 is 27.8 Å². The van der Waals surface area contributed by atoms with Crippen molar-refractivity contribution in [2.45, 2.75) is 25.6 Å². The summed E-state index contributed by atoms with van der Waals surface area (Å²) in [5, 5.41) is 17.6. The molecule has 0 aromatic carbocycles. The number of nitrogens with one attached hydrogen (secondary N) is 2. The first-order chi connectivity index (χ1) is 9.71. The quantitative estimate of drug-likeness (QED) is 0.672. The van der Waals surface area contributed by atoms with Crippen molar-refractivity contribution in [2.24, 2.45) is 0 Å². The van der Waals surface area contributed by atoms with E-state index in [0.29, 0.717) is 0 Å². The molecule has 10 heteroatoms. The van der Waals surface area contributed by atoms with Gasteiger partial charge in [-0.2, -0.15) is 18.3 Å². The van der Waals surface area contributed by atoms with Crippen LogP contribution in [0.3, 0.4) is 0 Å². The molecule has 7 nitrogen and oxygen atoms in total. The minimum Gasteiger partial charge on any atom is -0.550 e. The molecule has 0 unspecified atom stereocenters. The van der Waals surface area contributed by atoms with Gasteiger partial charge in [0.15, 0.2) is 0 Å². The van der Waals surface area contributed by atoms with Crippen molar-refractivity contribution in [1.82, 2.24) is 10.2 Å². The van der Waals surface area contributed by atoms with Crippen molar-refractivity contribution in [3.63, 3.8) is 0 Å². The number of alkyl halides is 3. The molecule has 1 rings (SSSR count). The summed E-state index contributed by atoms with van der Waals surface area (Å²) in [4.78, 5) is 21.4. The van der Waals surface area contributed by atoms with Crippen molar-refractivity contribution in [2.75, 3.05) is 18.5 Å². The van der Waals surface area contributed by atoms with Gasteiger partial charge in [0.05, 0.1) is 25.1 Å². The number of carboxylic acids is 1. The van der Waals surface area contributed by atoms with Crippen LogP contribution in [-0.4, -0.2) is 35.4 Å². The van der Waals surface area contributed by atoms with Crippen molar-refractivity contribution in [3.8, 4) is 0 Å². The molecule has 1 aromatic rings. The van der Waals surface area contributed by atoms with Gasteiger partial charge < -0.3 is 20.0 Å². The molecule has 1 heterocycles. The van der Waals surface area contributed by atoms with Crippen LogP contribution in [0.25, 0.3) is 0 Å². The number of nitrogens with zero attached hydrogens (tertiary/aromatic N) is 1. The van der Waals surface area contributed by atoms with Crippen LogP contribution >= 0.6 is 0 Å². The van der Waals surface area contributed by atoms with Crippen molar-refractivity contribution >= 4 is 11.7 Å². The van der Waals surface area contributed by atoms with Crippen LogP contribution in [0.1, 0.15) is 18.9 Å². The van der Waals surface area contributed by atoms with Crippen molar-refractivity contribution in [3.05, 3.63) is 22.1 Å². The Labute approximate surface area is 117 Å². The van der Waals surface area contributed by atoms with Gasteiger partial charge in [-0.3, -0.25) is 4.79 Å². The predicted molar refractivity (Wildman–Crippen MR) is 63.4 cm³/mol. The summed E-state index contributed by atoms with van der Waals surface area (Å²) < 4.78 is 43.3. The first-order valence-electron chi connectivity index (χ1n) is 5.90. The number of hydrogen-bond donors (Lipinski definition) is 2. The number of H-pyrrole nitrogens is 1. The number of rotatable bonds is 7. The fourth-order valence-electron chi connectivity index (χ4n) is 1.51. The van der Waals surface area contributed by atoms with Gasteiger partial charge in [-0.15, -0.1) is 0 Å². The molecule has 118 valence electrons. The first kappa shape index (κ1) is 17.0. The van der Waals surface area contributed by atoms with Crippen LogP contribution in [0.2, 0.25) is 0 Å². The number of aromatic amines is 1. The summed E-state index contributed by atoms with van der Waals surface area (Å²) in [5.74, 6) is -1.28. The van der Waals surface area contributed by atoms with E-state index in [1.807, 2.05) is 0 Å². The maximum absolute atomic E-state index is 12.8. The molecule has 0 aliphatic carbocycles. The smallest absolute Gasteiger partial charge is 0.423 e. The van der Waals surface area contributed by atoms with Crippen LogP contribution in [0.15, 0.2) is 11.0 Å². The monoisotopic (exact) mass is 308 g/mol. The lowest BCUT2D eigenvalue weighted by Crippen LogP contribution is -2.29. The Bertz CT molecular complexity index is 544. The standard InChI is InChI=1S/C11H14F3N3O4/c1-6(5-21-3-2-8(18)19)16-7-4-15-17-10(20)9(7)11(12,13)14/h4,6H,2-3,5H2,1H3,(H,18,19)(H2,16,17,20)/p-1/t6-/m0/s1. The van der Waals surface area contributed by atoms with Gasteiger partial charge in [-0.05, 0) is 6.92 Å². The van der Waals surface area contributed by atoms with Gasteiger partial charge in [-0.25, -0.2) is 5.10 Å². The summed E-state index contributed by atoms with van der Waals surface area (Å²) in [6.07, 6.45) is -4.29. The van der Waals surface area contributed by atoms with Crippen LogP contribution in [0.5, 0.6) is 0 Å². The van der Waals surface area contributed by atoms with Crippen LogP contribution in [0.4, 0.5) is 18.9 Å². The predicted octanol–water partition coefficient (Wildman–Crippen LogP) is -0.254. The van der Waals surface area contributed by atoms with E-state index < -0.39 is 35.0 Å². The summed E-state index contributed by atoms with van der Waals surface area (Å²) >= 11 is 0. The summed E-state index contributed by atoms with van der Waals surface area (Å²) in [6, 6.07) is -0.587. The van der Waals surface area contributed by atoms with Gasteiger partial charge in [0.25, 0.3) is 5.56 Å². The third-order valence-corrected chi connectivity index (χ3v) is 2.36. The highest BCUT2D eigenvalue weighted by Gasteiger charge is 2.37. The highest BCUT2D eigenvalue weighted by atomic mass is 19.4. The maximum atomic E-state index is 12.8. The minimum absolute atomic E-state index is 0.0443. The fourth-order valence-corrected chi connectivity index (χ4v) is 1.51. The number of anilines is 1. The van der Waals surface area contributed by atoms with Crippen LogP contribution in [0, 0.1) is 0 Å². The van der Waals surface area contributed by atoms with E-state index in [0.717, 1.165) is 6.20 Å². The summed E-state index contributed by atoms with van der Waals surface area (Å²) in [5.41, 5.74) is -3.20. The topological polar surface area (TPSA) is 107 Å². The lowest BCUT2D eigenvalue weighted by atomic mass is 10.2. The molecule has 0 spiro atoms. The molecule has 1 aromatic heterocycles. The summed E-state index contributed by atoms with van der Waals surface area (Å²) in [6.45, 7) is 1.35. The Morgan fingerprint density at radius 3 is 2.81 bits per heavy atom. The SMILES string of the molecule is C[C@@H](COCCC(=O)[O-])Nc1cn[nH]c(=O)c1C(F)(F)F. The molecular weight excluding hydrogens is 295 g/mol. The fraction of sp³-hybridized carbons (Fsp3) is 0.545. The summed E-state index contributed by atoms with van der Waals surface area (Å²) in [7, 11) is 0. The zero-order valence-electron chi connectivity index (χ0n) is 11.0. The molecule has 0 aliphatic heterocycles. The second-order valence-corrected chi connectivity index (χ2v) is 4.23. The third kappa shape index (κ3) is 5.42. The van der Waals surface area contributed by atoms with E-state index in [9.17, 15) is 27.9 Å². The molecule has 0 bridgehead atoms. The highest BCUT2D eigenvalue weighted by Crippen LogP contribution is 2.31. The van der Waals surface area contributed by atoms with Crippen LogP contribution < -0.4 is 16.0 Å². The lowest BCUT2D eigenvalue weighted by molar-refractivity contribution is -0.306. The molecule has 1 atom stereocenters. The Morgan fingerprint density at radius 1 is 1.57 bits per heavy atom. The number of carboxylic acid groups (broad SMARTS) is 1. The highest BCUT2D eigenvalue weighted by molar-refractivity contribution is 5.64. The zero-order chi connectivity index (χ0) is 16.0. The molecule has 0 aliphatic rings. The number of aromatic nitrogens is 2. The maximum Gasteiger partial charge on any atom is 0.423 e. The average molecular weight is 308 g/mol. The molecule has 2 N–H and O–H groups in total. The van der Waals surface area contributed by atoms with Crippen LogP contribution in [-0.2, 0) is 15.7 Å². The molecule has 0 saturated heterocycles. The Morgan fingerprint density at radius 2 is 2.24 bits per heavy atom. The number of carbonyl (C=O) groups excluding carboxylic acids is 1. The van der Waals surface area contributed by atoms with Gasteiger partial charge in [0.2, 0.25) is 0 Å². The number of ether oxygens (including phenoxy) is 1. The lowest BCUT2D eigenvalue weighted by Gasteiger charge is -2.18. The first-order valence-corrected chi connectivity index (χ1v) is 5.90. The van der Waals surface area contributed by atoms with Crippen molar-refractivity contribution in [1.29, 1.82) is 0 Å². The van der Waals surface area contributed by atoms with Gasteiger partial charge in [0.1, 0.15) is 5.56 Å². The number of aliphatic carboxylic acids is 1. The van der Waals surface area contributed by atoms with Gasteiger partial charge in [-0.1, -0.05) is 0 Å². The minimum atomic E-state index is -4.82. The Kier molecular flexibility index (Phi) is 5.70. The Balaban J connectivity index is 2.68. The van der Waals surface area contributed by atoms with E-state index in [2.05, 4.69) is 10.4 Å². The second kappa shape index (κ2) is 7.07. The largest absolute Gasteiger partial charge is 0.550 e. The molecule has 0 fully saturated rings. The molecule has 0 saturated carbocycles. The normalized spacial score (nSPS) is 13.0. The third-order valence-electron chi connectivity index (χ3n) is 2.36. The molecule has 0 radical (unpaired) electrons. The second-order valence-electron chi connectivity index (χ2n) is 4.23. The molecular formula is C11H13F3N3O4-. The molecule has 0 amide bonds. The number of hydrogen-bond acceptors (Lipinski definition) is 6. The number of carbonyl (C=O) groups is 1. The van der Waals surface area contributed by atoms with E-state index in [1.165, 1.54) is 6.92 Å². The van der Waals surface area contributed by atoms with Gasteiger partial charge >= 0.3 is 6.18 Å². The molecule has 21 heavy (non-hydrogen) atoms. The zero-order valence-corrected chi connectivity index (χ0v) is 11.0. The van der Waals surface area contributed by atoms with E-state index >= 15 is 0 Å². The van der Waals surface area contributed by atoms with E-state index in [4.69, 9.17) is 4.74 Å². The number of halogens is 3. The Hall–Kier alpha value is -2.10. The van der Waals surface area contributed by atoms with Gasteiger partial charge in [0, 0.05) is 18.4 Å². The van der Waals surface area contributed by atoms with E-state index in [1.54, 1.807) is 5.10 Å².